The Labute approximate surface area is 230 Å². The van der Waals surface area contributed by atoms with E-state index in [0.29, 0.717) is 43.2 Å². The van der Waals surface area contributed by atoms with Gasteiger partial charge in [0.15, 0.2) is 0 Å². The molecule has 9 nitrogen and oxygen atoms in total. The first-order valence-corrected chi connectivity index (χ1v) is 13.1. The molecule has 1 N–H and O–H groups in total. The Bertz CT molecular complexity index is 1140. The molecule has 38 heavy (non-hydrogen) atoms. The van der Waals surface area contributed by atoms with E-state index in [4.69, 9.17) is 21.1 Å². The van der Waals surface area contributed by atoms with Gasteiger partial charge in [0.1, 0.15) is 6.61 Å². The van der Waals surface area contributed by atoms with Crippen molar-refractivity contribution in [2.24, 2.45) is 7.05 Å². The smallest absolute Gasteiger partial charge is 0.410 e. The lowest BCUT2D eigenvalue weighted by molar-refractivity contribution is -0.125. The molecule has 2 heterocycles. The summed E-state index contributed by atoms with van der Waals surface area (Å²) >= 11 is 6.48. The number of hydrogen-bond donors (Lipinski definition) is 1. The van der Waals surface area contributed by atoms with Crippen molar-refractivity contribution in [3.63, 3.8) is 0 Å². The average molecular weight is 544 g/mol. The fourth-order valence-electron chi connectivity index (χ4n) is 4.69. The second kappa shape index (κ2) is 13.6. The van der Waals surface area contributed by atoms with E-state index in [2.05, 4.69) is 28.4 Å². The van der Waals surface area contributed by atoms with Gasteiger partial charge in [0.2, 0.25) is 5.91 Å². The van der Waals surface area contributed by atoms with Gasteiger partial charge in [0.05, 0.1) is 30.4 Å². The van der Waals surface area contributed by atoms with Crippen LogP contribution in [0, 0.1) is 0 Å². The van der Waals surface area contributed by atoms with Crippen LogP contribution in [0.15, 0.2) is 50.0 Å². The van der Waals surface area contributed by atoms with Gasteiger partial charge in [0.25, 0.3) is 0 Å². The third kappa shape index (κ3) is 7.24. The third-order valence-electron chi connectivity index (χ3n) is 6.54. The van der Waals surface area contributed by atoms with E-state index in [1.165, 1.54) is 7.11 Å². The van der Waals surface area contributed by atoms with Crippen molar-refractivity contribution < 1.29 is 19.1 Å². The molecule has 0 unspecified atom stereocenters. The highest BCUT2D eigenvalue weighted by Gasteiger charge is 2.31. The molecule has 2 aromatic rings. The molecule has 0 saturated carbocycles. The Morgan fingerprint density at radius 3 is 2.53 bits per heavy atom. The molecule has 1 aliphatic heterocycles. The number of aromatic nitrogens is 2. The summed E-state index contributed by atoms with van der Waals surface area (Å²) < 4.78 is 12.3. The number of ether oxygens (including phenoxy) is 2. The lowest BCUT2D eigenvalue weighted by Crippen LogP contribution is -2.50. The zero-order valence-corrected chi connectivity index (χ0v) is 23.4. The van der Waals surface area contributed by atoms with Crippen molar-refractivity contribution in [1.29, 1.82) is 0 Å². The van der Waals surface area contributed by atoms with Crippen LogP contribution in [0.4, 0.5) is 4.79 Å². The minimum Gasteiger partial charge on any atom is -0.447 e. The SMILES string of the molecule is C=CC[C@H](c1ccc(Cl)cc1C(=C)[C@@H](NC(=O)COC)c1cncn1C)N1CCN(C(=O)OC(C)C)CC1. The maximum atomic E-state index is 12.6. The number of nitrogens with zero attached hydrogens (tertiary/aromatic N) is 4. The number of aryl methyl sites for hydroxylation is 1. The van der Waals surface area contributed by atoms with Gasteiger partial charge in [-0.25, -0.2) is 9.78 Å². The molecule has 1 saturated heterocycles. The van der Waals surface area contributed by atoms with Crippen LogP contribution >= 0.6 is 11.6 Å². The molecule has 206 valence electrons. The number of hydrogen-bond acceptors (Lipinski definition) is 6. The molecular formula is C28H38ClN5O4. The first kappa shape index (κ1) is 29.4. The number of halogens is 1. The molecule has 0 spiro atoms. The fourth-order valence-corrected chi connectivity index (χ4v) is 4.87. The molecule has 1 aromatic carbocycles. The van der Waals surface area contributed by atoms with Gasteiger partial charge >= 0.3 is 6.09 Å². The van der Waals surface area contributed by atoms with Gasteiger partial charge in [-0.15, -0.1) is 6.58 Å². The summed E-state index contributed by atoms with van der Waals surface area (Å²) in [6, 6.07) is 5.18. The predicted octanol–water partition coefficient (Wildman–Crippen LogP) is 4.37. The number of carbonyl (C=O) groups is 2. The fraction of sp³-hybridized carbons (Fsp3) is 0.464. The highest BCUT2D eigenvalue weighted by Crippen LogP contribution is 2.38. The quantitative estimate of drug-likeness (QED) is 0.423. The van der Waals surface area contributed by atoms with Crippen LogP contribution in [0.2, 0.25) is 5.02 Å². The lowest BCUT2D eigenvalue weighted by Gasteiger charge is -2.40. The van der Waals surface area contributed by atoms with Crippen LogP contribution < -0.4 is 5.32 Å². The summed E-state index contributed by atoms with van der Waals surface area (Å²) in [5.74, 6) is -0.268. The summed E-state index contributed by atoms with van der Waals surface area (Å²) in [5.41, 5.74) is 3.33. The number of nitrogens with one attached hydrogen (secondary N) is 1. The molecule has 2 amide bonds. The number of amides is 2. The number of rotatable bonds is 11. The molecule has 1 fully saturated rings. The van der Waals surface area contributed by atoms with Crippen molar-refractivity contribution in [2.75, 3.05) is 39.9 Å². The second-order valence-corrected chi connectivity index (χ2v) is 10.1. The Balaban J connectivity index is 1.93. The standard InChI is InChI=1S/C28H38ClN5O4/c1-7-8-24(33-11-13-34(14-12-33)28(36)38-19(2)3)22-10-9-21(29)15-23(22)20(4)27(31-26(35)17-37-6)25-16-30-18-32(25)5/h7,9-10,15-16,18-19,24,27H,1,4,8,11-14,17H2,2-3,5-6H3,(H,31,35)/t24-,27-/m1/s1. The number of methoxy groups -OCH3 is 1. The van der Waals surface area contributed by atoms with Crippen LogP contribution in [-0.2, 0) is 21.3 Å². The van der Waals surface area contributed by atoms with Crippen LogP contribution in [0.3, 0.4) is 0 Å². The van der Waals surface area contributed by atoms with Crippen molar-refractivity contribution in [2.45, 2.75) is 38.5 Å². The largest absolute Gasteiger partial charge is 0.447 e. The van der Waals surface area contributed by atoms with Gasteiger partial charge in [-0.3, -0.25) is 9.69 Å². The minimum absolute atomic E-state index is 0.0263. The molecule has 0 bridgehead atoms. The van der Waals surface area contributed by atoms with Crippen molar-refractivity contribution >= 4 is 29.2 Å². The molecule has 3 rings (SSSR count). The summed E-state index contributed by atoms with van der Waals surface area (Å²) in [5, 5.41) is 3.60. The van der Waals surface area contributed by atoms with Crippen molar-refractivity contribution in [1.82, 2.24) is 24.7 Å². The van der Waals surface area contributed by atoms with Crippen LogP contribution in [0.25, 0.3) is 5.57 Å². The van der Waals surface area contributed by atoms with Crippen LogP contribution in [-0.4, -0.2) is 77.4 Å². The Hall–Kier alpha value is -3.14. The molecule has 1 aliphatic rings. The summed E-state index contributed by atoms with van der Waals surface area (Å²) in [6.45, 7) is 14.5. The lowest BCUT2D eigenvalue weighted by atomic mass is 9.88. The highest BCUT2D eigenvalue weighted by molar-refractivity contribution is 6.30. The van der Waals surface area contributed by atoms with Crippen molar-refractivity contribution in [3.05, 3.63) is 71.8 Å². The van der Waals surface area contributed by atoms with E-state index in [9.17, 15) is 9.59 Å². The third-order valence-corrected chi connectivity index (χ3v) is 6.77. The number of piperazine rings is 1. The first-order chi connectivity index (χ1) is 18.2. The maximum Gasteiger partial charge on any atom is 0.410 e. The Kier molecular flexibility index (Phi) is 10.5. The molecular weight excluding hydrogens is 506 g/mol. The molecule has 2 atom stereocenters. The second-order valence-electron chi connectivity index (χ2n) is 9.62. The Morgan fingerprint density at radius 2 is 1.95 bits per heavy atom. The van der Waals surface area contributed by atoms with E-state index >= 15 is 0 Å². The summed E-state index contributed by atoms with van der Waals surface area (Å²) in [4.78, 5) is 33.3. The first-order valence-electron chi connectivity index (χ1n) is 12.7. The van der Waals surface area contributed by atoms with E-state index in [0.717, 1.165) is 16.8 Å². The number of benzene rings is 1. The maximum absolute atomic E-state index is 12.6. The van der Waals surface area contributed by atoms with Crippen LogP contribution in [0.5, 0.6) is 0 Å². The minimum atomic E-state index is -0.547. The Morgan fingerprint density at radius 1 is 1.24 bits per heavy atom. The van der Waals surface area contributed by atoms with E-state index in [1.54, 1.807) is 17.4 Å². The normalized spacial score (nSPS) is 15.7. The molecule has 1 aromatic heterocycles. The van der Waals surface area contributed by atoms with Gasteiger partial charge in [-0.1, -0.05) is 30.3 Å². The number of imidazole rings is 1. The summed E-state index contributed by atoms with van der Waals surface area (Å²) in [7, 11) is 3.35. The van der Waals surface area contributed by atoms with Crippen molar-refractivity contribution in [3.8, 4) is 0 Å². The van der Waals surface area contributed by atoms with Gasteiger partial charge in [0, 0.05) is 51.4 Å². The van der Waals surface area contributed by atoms with Gasteiger partial charge in [-0.05, 0) is 49.1 Å². The monoisotopic (exact) mass is 543 g/mol. The predicted molar refractivity (Wildman–Crippen MR) is 149 cm³/mol. The molecule has 0 radical (unpaired) electrons. The van der Waals surface area contributed by atoms with E-state index in [1.807, 2.05) is 49.7 Å². The average Bonchev–Trinajstić information content (AvgIpc) is 3.31. The molecule has 10 heteroatoms. The zero-order valence-electron chi connectivity index (χ0n) is 22.7. The highest BCUT2D eigenvalue weighted by atomic mass is 35.5. The number of carbonyl (C=O) groups excluding carboxylic acids is 2. The summed E-state index contributed by atoms with van der Waals surface area (Å²) in [6.07, 6.45) is 5.53. The van der Waals surface area contributed by atoms with Gasteiger partial charge < -0.3 is 24.3 Å². The zero-order chi connectivity index (χ0) is 27.8. The van der Waals surface area contributed by atoms with E-state index < -0.39 is 6.04 Å². The van der Waals surface area contributed by atoms with Gasteiger partial charge in [-0.2, -0.15) is 0 Å². The van der Waals surface area contributed by atoms with E-state index in [-0.39, 0.29) is 30.8 Å². The molecule has 0 aliphatic carbocycles. The topological polar surface area (TPSA) is 88.9 Å². The van der Waals surface area contributed by atoms with Crippen LogP contribution in [0.1, 0.15) is 49.2 Å².